The van der Waals surface area contributed by atoms with Gasteiger partial charge in [-0.05, 0) is 25.7 Å². The maximum Gasteiger partial charge on any atom is 0.136 e. The number of unbranched alkanes of at least 4 members (excludes halogenated alkanes) is 1. The molecule has 1 fully saturated rings. The molecule has 0 heterocycles. The number of hydrogen-bond donors (Lipinski definition) is 0. The van der Waals surface area contributed by atoms with Crippen molar-refractivity contribution in [2.45, 2.75) is 45.4 Å². The Morgan fingerprint density at radius 1 is 1.00 bits per heavy atom. The van der Waals surface area contributed by atoms with Crippen molar-refractivity contribution >= 4 is 5.78 Å². The van der Waals surface area contributed by atoms with Gasteiger partial charge < -0.3 is 14.2 Å². The number of ketones is 1. The van der Waals surface area contributed by atoms with Crippen LogP contribution in [0.5, 0.6) is 0 Å². The van der Waals surface area contributed by atoms with Crippen LogP contribution in [0.1, 0.15) is 45.4 Å². The summed E-state index contributed by atoms with van der Waals surface area (Å²) in [6.07, 6.45) is 6.03. The molecule has 0 aromatic rings. The third-order valence-electron chi connectivity index (χ3n) is 3.43. The predicted octanol–water partition coefficient (Wildman–Crippen LogP) is 2.60. The van der Waals surface area contributed by atoms with Crippen LogP contribution >= 0.6 is 0 Å². The van der Waals surface area contributed by atoms with Gasteiger partial charge in [-0.25, -0.2) is 0 Å². The van der Waals surface area contributed by atoms with Crippen molar-refractivity contribution in [3.05, 3.63) is 0 Å². The summed E-state index contributed by atoms with van der Waals surface area (Å²) in [6, 6.07) is 0. The third-order valence-corrected chi connectivity index (χ3v) is 3.43. The molecule has 1 unspecified atom stereocenters. The lowest BCUT2D eigenvalue weighted by molar-refractivity contribution is -0.121. The summed E-state index contributed by atoms with van der Waals surface area (Å²) in [7, 11) is 0. The number of carbonyl (C=O) groups excluding carboxylic acids is 1. The molecule has 0 amide bonds. The molecule has 19 heavy (non-hydrogen) atoms. The molecule has 1 aliphatic rings. The van der Waals surface area contributed by atoms with Crippen molar-refractivity contribution in [3.63, 3.8) is 0 Å². The van der Waals surface area contributed by atoms with Crippen molar-refractivity contribution in [1.29, 1.82) is 0 Å². The Balaban J connectivity index is 1.75. The summed E-state index contributed by atoms with van der Waals surface area (Å²) in [6.45, 7) is 6.16. The number of ether oxygens (including phenoxy) is 3. The van der Waals surface area contributed by atoms with Gasteiger partial charge >= 0.3 is 0 Å². The summed E-state index contributed by atoms with van der Waals surface area (Å²) < 4.78 is 16.2. The normalized spacial score (nSPS) is 19.2. The zero-order valence-corrected chi connectivity index (χ0v) is 12.2. The molecule has 0 spiro atoms. The zero-order valence-electron chi connectivity index (χ0n) is 12.2. The molecule has 0 N–H and O–H groups in total. The Morgan fingerprint density at radius 3 is 2.21 bits per heavy atom. The Bertz CT molecular complexity index is 230. The van der Waals surface area contributed by atoms with Crippen molar-refractivity contribution in [1.82, 2.24) is 0 Å². The average Bonchev–Trinajstić information content (AvgIpc) is 2.82. The SMILES string of the molecule is CCCCOCCOCCOCCC1CCCC1=O. The highest BCUT2D eigenvalue weighted by Crippen LogP contribution is 2.23. The molecule has 1 rings (SSSR count). The van der Waals surface area contributed by atoms with Gasteiger partial charge in [0, 0.05) is 25.6 Å². The minimum atomic E-state index is 0.257. The number of rotatable bonds is 12. The van der Waals surface area contributed by atoms with Crippen LogP contribution < -0.4 is 0 Å². The molecule has 4 heteroatoms. The van der Waals surface area contributed by atoms with E-state index in [4.69, 9.17) is 14.2 Å². The quantitative estimate of drug-likeness (QED) is 0.512. The van der Waals surface area contributed by atoms with Gasteiger partial charge in [0.2, 0.25) is 0 Å². The molecule has 0 aliphatic heterocycles. The van der Waals surface area contributed by atoms with E-state index in [-0.39, 0.29) is 5.92 Å². The lowest BCUT2D eigenvalue weighted by atomic mass is 10.0. The molecule has 0 saturated heterocycles. The van der Waals surface area contributed by atoms with Crippen LogP contribution in [-0.2, 0) is 19.0 Å². The third kappa shape index (κ3) is 8.35. The Morgan fingerprint density at radius 2 is 1.63 bits per heavy atom. The van der Waals surface area contributed by atoms with Crippen molar-refractivity contribution < 1.29 is 19.0 Å². The maximum atomic E-state index is 11.4. The highest BCUT2D eigenvalue weighted by molar-refractivity contribution is 5.82. The van der Waals surface area contributed by atoms with Crippen molar-refractivity contribution in [2.24, 2.45) is 5.92 Å². The fourth-order valence-corrected chi connectivity index (χ4v) is 2.21. The van der Waals surface area contributed by atoms with Gasteiger partial charge in [-0.1, -0.05) is 13.3 Å². The van der Waals surface area contributed by atoms with Crippen LogP contribution in [0.2, 0.25) is 0 Å². The van der Waals surface area contributed by atoms with E-state index in [1.807, 2.05) is 0 Å². The minimum absolute atomic E-state index is 0.257. The molecular formula is C15H28O4. The smallest absolute Gasteiger partial charge is 0.136 e. The van der Waals surface area contributed by atoms with E-state index in [2.05, 4.69) is 6.92 Å². The van der Waals surface area contributed by atoms with Crippen molar-refractivity contribution in [3.8, 4) is 0 Å². The van der Waals surface area contributed by atoms with E-state index in [0.29, 0.717) is 38.8 Å². The van der Waals surface area contributed by atoms with Gasteiger partial charge in [-0.15, -0.1) is 0 Å². The first-order valence-electron chi connectivity index (χ1n) is 7.60. The van der Waals surface area contributed by atoms with Crippen LogP contribution in [-0.4, -0.2) is 45.4 Å². The fraction of sp³-hybridized carbons (Fsp3) is 0.933. The molecular weight excluding hydrogens is 244 g/mol. The predicted molar refractivity (Wildman–Crippen MR) is 74.3 cm³/mol. The lowest BCUT2D eigenvalue weighted by Gasteiger charge is -2.09. The molecule has 4 nitrogen and oxygen atoms in total. The number of Topliss-reactive ketones (excluding diaryl/α,β-unsaturated/α-hetero) is 1. The molecule has 1 atom stereocenters. The summed E-state index contributed by atoms with van der Waals surface area (Å²) >= 11 is 0. The lowest BCUT2D eigenvalue weighted by Crippen LogP contribution is -2.13. The molecule has 0 bridgehead atoms. The number of hydrogen-bond acceptors (Lipinski definition) is 4. The van der Waals surface area contributed by atoms with E-state index < -0.39 is 0 Å². The van der Waals surface area contributed by atoms with Crippen LogP contribution in [0.4, 0.5) is 0 Å². The summed E-state index contributed by atoms with van der Waals surface area (Å²) in [5, 5.41) is 0. The average molecular weight is 272 g/mol. The van der Waals surface area contributed by atoms with E-state index in [9.17, 15) is 4.79 Å². The second kappa shape index (κ2) is 11.4. The van der Waals surface area contributed by atoms with Gasteiger partial charge in [0.1, 0.15) is 5.78 Å². The van der Waals surface area contributed by atoms with Gasteiger partial charge in [-0.3, -0.25) is 4.79 Å². The van der Waals surface area contributed by atoms with E-state index in [0.717, 1.165) is 45.1 Å². The standard InChI is InChI=1S/C15H28O4/c1-2-3-8-17-10-12-19-13-11-18-9-7-14-5-4-6-15(14)16/h14H,2-13H2,1H3. The van der Waals surface area contributed by atoms with Crippen LogP contribution in [0.15, 0.2) is 0 Å². The second-order valence-corrected chi connectivity index (χ2v) is 5.03. The molecule has 0 aromatic heterocycles. The first-order chi connectivity index (χ1) is 9.34. The summed E-state index contributed by atoms with van der Waals surface area (Å²) in [5.41, 5.74) is 0. The summed E-state index contributed by atoms with van der Waals surface area (Å²) in [5.74, 6) is 0.678. The molecule has 1 aliphatic carbocycles. The van der Waals surface area contributed by atoms with E-state index in [1.54, 1.807) is 0 Å². The maximum absolute atomic E-state index is 11.4. The van der Waals surface area contributed by atoms with Gasteiger partial charge in [0.05, 0.1) is 26.4 Å². The molecule has 0 radical (unpaired) electrons. The fourth-order valence-electron chi connectivity index (χ4n) is 2.21. The highest BCUT2D eigenvalue weighted by Gasteiger charge is 2.23. The van der Waals surface area contributed by atoms with Crippen LogP contribution in [0, 0.1) is 5.92 Å². The zero-order chi connectivity index (χ0) is 13.8. The molecule has 0 aromatic carbocycles. The first-order valence-corrected chi connectivity index (χ1v) is 7.60. The van der Waals surface area contributed by atoms with E-state index in [1.165, 1.54) is 0 Å². The monoisotopic (exact) mass is 272 g/mol. The largest absolute Gasteiger partial charge is 0.379 e. The topological polar surface area (TPSA) is 44.8 Å². The highest BCUT2D eigenvalue weighted by atomic mass is 16.5. The first kappa shape index (κ1) is 16.6. The molecule has 1 saturated carbocycles. The van der Waals surface area contributed by atoms with Crippen molar-refractivity contribution in [2.75, 3.05) is 39.6 Å². The van der Waals surface area contributed by atoms with Gasteiger partial charge in [0.25, 0.3) is 0 Å². The van der Waals surface area contributed by atoms with Crippen LogP contribution in [0.3, 0.4) is 0 Å². The van der Waals surface area contributed by atoms with Gasteiger partial charge in [-0.2, -0.15) is 0 Å². The Hall–Kier alpha value is -0.450. The van der Waals surface area contributed by atoms with Crippen LogP contribution in [0.25, 0.3) is 0 Å². The van der Waals surface area contributed by atoms with E-state index >= 15 is 0 Å². The van der Waals surface area contributed by atoms with Gasteiger partial charge in [0.15, 0.2) is 0 Å². The molecule has 112 valence electrons. The Kier molecular flexibility index (Phi) is 9.95. The Labute approximate surface area is 116 Å². The number of carbonyl (C=O) groups is 1. The second-order valence-electron chi connectivity index (χ2n) is 5.03. The summed E-state index contributed by atoms with van der Waals surface area (Å²) in [4.78, 5) is 11.4. The minimum Gasteiger partial charge on any atom is -0.379 e.